The predicted octanol–water partition coefficient (Wildman–Crippen LogP) is 2.56. The van der Waals surface area contributed by atoms with Crippen molar-refractivity contribution < 1.29 is 17.9 Å². The Balaban J connectivity index is 1.45. The zero-order valence-corrected chi connectivity index (χ0v) is 20.4. The lowest BCUT2D eigenvalue weighted by Gasteiger charge is -2.26. The lowest BCUT2D eigenvalue weighted by atomic mass is 9.93. The summed E-state index contributed by atoms with van der Waals surface area (Å²) in [6, 6.07) is 12.6. The monoisotopic (exact) mass is 497 g/mol. The van der Waals surface area contributed by atoms with Crippen LogP contribution < -0.4 is 5.69 Å². The summed E-state index contributed by atoms with van der Waals surface area (Å²) < 4.78 is 42.7. The third-order valence-electron chi connectivity index (χ3n) is 6.38. The van der Waals surface area contributed by atoms with Crippen LogP contribution in [0.4, 0.5) is 0 Å². The van der Waals surface area contributed by atoms with Gasteiger partial charge in [-0.05, 0) is 49.1 Å². The fourth-order valence-corrected chi connectivity index (χ4v) is 5.56. The molecule has 0 N–H and O–H groups in total. The smallest absolute Gasteiger partial charge is 0.331 e. The van der Waals surface area contributed by atoms with Gasteiger partial charge in [-0.15, -0.1) is 4.40 Å². The summed E-state index contributed by atoms with van der Waals surface area (Å²) in [5.74, 6) is 0.267. The molecule has 35 heavy (non-hydrogen) atoms. The van der Waals surface area contributed by atoms with E-state index in [0.29, 0.717) is 18.8 Å². The third kappa shape index (κ3) is 4.30. The van der Waals surface area contributed by atoms with Crippen molar-refractivity contribution in [2.24, 2.45) is 9.50 Å². The lowest BCUT2D eigenvalue weighted by molar-refractivity contribution is 0.0339. The van der Waals surface area contributed by atoms with E-state index >= 15 is 0 Å². The topological polar surface area (TPSA) is 107 Å². The van der Waals surface area contributed by atoms with Gasteiger partial charge < -0.3 is 9.47 Å². The SMILES string of the molecule is COCCOCn1c(=O)n(C2CCC2)c2cc(/C=N/N(C)C3=NS(=O)(=O)c4ccccc43)ccc21. The number of nitrogens with zero attached hydrogens (tertiary/aromatic N) is 5. The first-order chi connectivity index (χ1) is 16.9. The molecule has 184 valence electrons. The molecular weight excluding hydrogens is 470 g/mol. The van der Waals surface area contributed by atoms with E-state index in [-0.39, 0.29) is 29.2 Å². The van der Waals surface area contributed by atoms with Gasteiger partial charge in [-0.1, -0.05) is 18.2 Å². The average Bonchev–Trinajstić information content (AvgIpc) is 3.25. The van der Waals surface area contributed by atoms with Gasteiger partial charge in [-0.2, -0.15) is 13.5 Å². The summed E-state index contributed by atoms with van der Waals surface area (Å²) in [6.45, 7) is 1.02. The maximum atomic E-state index is 13.2. The quantitative estimate of drug-likeness (QED) is 0.269. The minimum atomic E-state index is -3.72. The number of hydrogen-bond acceptors (Lipinski definition) is 7. The van der Waals surface area contributed by atoms with Gasteiger partial charge in [0.15, 0.2) is 5.84 Å². The third-order valence-corrected chi connectivity index (χ3v) is 7.70. The molecule has 11 heteroatoms. The highest BCUT2D eigenvalue weighted by Crippen LogP contribution is 2.33. The van der Waals surface area contributed by atoms with Crippen LogP contribution in [0.3, 0.4) is 0 Å². The number of imidazole rings is 1. The van der Waals surface area contributed by atoms with E-state index in [1.54, 1.807) is 43.1 Å². The first kappa shape index (κ1) is 23.5. The molecule has 1 aliphatic carbocycles. The number of fused-ring (bicyclic) bond motifs is 2. The van der Waals surface area contributed by atoms with Crippen LogP contribution in [0.5, 0.6) is 0 Å². The van der Waals surface area contributed by atoms with Crippen molar-refractivity contribution in [1.82, 2.24) is 14.1 Å². The minimum Gasteiger partial charge on any atom is -0.382 e. The Bertz CT molecular complexity index is 1480. The second-order valence-electron chi connectivity index (χ2n) is 8.60. The van der Waals surface area contributed by atoms with Crippen molar-refractivity contribution in [1.29, 1.82) is 0 Å². The maximum Gasteiger partial charge on any atom is 0.331 e. The number of hydrazone groups is 1. The van der Waals surface area contributed by atoms with Crippen molar-refractivity contribution in [3.05, 3.63) is 64.1 Å². The number of rotatable bonds is 8. The summed E-state index contributed by atoms with van der Waals surface area (Å²) in [5, 5.41) is 5.88. The molecule has 1 saturated carbocycles. The molecule has 2 aliphatic rings. The highest BCUT2D eigenvalue weighted by molar-refractivity contribution is 7.90. The van der Waals surface area contributed by atoms with Crippen LogP contribution in [0, 0.1) is 0 Å². The van der Waals surface area contributed by atoms with E-state index in [1.165, 1.54) is 11.1 Å². The number of amidine groups is 1. The standard InChI is InChI=1S/C24H27N5O5S/c1-27(23-19-8-3-4-9-22(19)35(31,32)26-23)25-15-17-10-11-20-21(14-17)29(18-6-5-7-18)24(30)28(20)16-34-13-12-33-2/h3-4,8-11,14-15,18H,5-7,12-13,16H2,1-2H3/b25-15+. The largest absolute Gasteiger partial charge is 0.382 e. The van der Waals surface area contributed by atoms with E-state index < -0.39 is 10.0 Å². The molecule has 0 bridgehead atoms. The number of benzene rings is 2. The average molecular weight is 498 g/mol. The van der Waals surface area contributed by atoms with E-state index in [1.807, 2.05) is 22.8 Å². The minimum absolute atomic E-state index is 0.0875. The first-order valence-electron chi connectivity index (χ1n) is 11.4. The van der Waals surface area contributed by atoms with Gasteiger partial charge in [0.1, 0.15) is 11.6 Å². The van der Waals surface area contributed by atoms with Crippen LogP contribution in [0.15, 0.2) is 61.7 Å². The molecule has 10 nitrogen and oxygen atoms in total. The molecule has 1 fully saturated rings. The summed E-state index contributed by atoms with van der Waals surface area (Å²) in [6.07, 6.45) is 4.68. The maximum absolute atomic E-state index is 13.2. The van der Waals surface area contributed by atoms with Crippen molar-refractivity contribution >= 4 is 33.1 Å². The van der Waals surface area contributed by atoms with Gasteiger partial charge in [-0.25, -0.2) is 9.80 Å². The van der Waals surface area contributed by atoms with Gasteiger partial charge in [0.05, 0.1) is 30.5 Å². The Morgan fingerprint density at radius 3 is 2.71 bits per heavy atom. The Hall–Kier alpha value is -3.28. The Morgan fingerprint density at radius 2 is 1.97 bits per heavy atom. The summed E-state index contributed by atoms with van der Waals surface area (Å²) in [4.78, 5) is 13.4. The molecular formula is C24H27N5O5S. The lowest BCUT2D eigenvalue weighted by Crippen LogP contribution is -2.31. The summed E-state index contributed by atoms with van der Waals surface area (Å²) in [7, 11) is -0.462. The van der Waals surface area contributed by atoms with Crippen molar-refractivity contribution in [3.63, 3.8) is 0 Å². The second kappa shape index (κ2) is 9.40. The summed E-state index contributed by atoms with van der Waals surface area (Å²) in [5.41, 5.74) is 2.84. The fraction of sp³-hybridized carbons (Fsp3) is 0.375. The first-order valence-corrected chi connectivity index (χ1v) is 12.9. The van der Waals surface area contributed by atoms with Gasteiger partial charge in [0.2, 0.25) is 0 Å². The normalized spacial score (nSPS) is 17.0. The zero-order valence-electron chi connectivity index (χ0n) is 19.6. The number of methoxy groups -OCH3 is 1. The van der Waals surface area contributed by atoms with E-state index in [2.05, 4.69) is 9.50 Å². The Morgan fingerprint density at radius 1 is 1.17 bits per heavy atom. The molecule has 2 heterocycles. The van der Waals surface area contributed by atoms with Crippen LogP contribution in [-0.4, -0.2) is 62.0 Å². The van der Waals surface area contributed by atoms with Crippen LogP contribution in [-0.2, 0) is 26.2 Å². The van der Waals surface area contributed by atoms with Crippen molar-refractivity contribution in [2.75, 3.05) is 27.4 Å². The van der Waals surface area contributed by atoms with Crippen LogP contribution in [0.2, 0.25) is 0 Å². The molecule has 1 aliphatic heterocycles. The highest BCUT2D eigenvalue weighted by Gasteiger charge is 2.30. The highest BCUT2D eigenvalue weighted by atomic mass is 32.2. The second-order valence-corrected chi connectivity index (χ2v) is 10.2. The Kier molecular flexibility index (Phi) is 6.30. The molecule has 0 saturated heterocycles. The molecule has 0 spiro atoms. The number of sulfonamides is 1. The molecule has 0 amide bonds. The molecule has 3 aromatic rings. The van der Waals surface area contributed by atoms with Gasteiger partial charge >= 0.3 is 5.69 Å². The van der Waals surface area contributed by atoms with Gasteiger partial charge in [0, 0.05) is 25.8 Å². The molecule has 0 atom stereocenters. The number of hydrogen-bond donors (Lipinski definition) is 0. The van der Waals surface area contributed by atoms with Crippen molar-refractivity contribution in [3.8, 4) is 0 Å². The number of ether oxygens (including phenoxy) is 2. The molecule has 1 aromatic heterocycles. The van der Waals surface area contributed by atoms with Crippen LogP contribution in [0.25, 0.3) is 11.0 Å². The van der Waals surface area contributed by atoms with Crippen LogP contribution in [0.1, 0.15) is 36.4 Å². The zero-order chi connectivity index (χ0) is 24.6. The summed E-state index contributed by atoms with van der Waals surface area (Å²) >= 11 is 0. The van der Waals surface area contributed by atoms with Crippen molar-refractivity contribution in [2.45, 2.75) is 36.9 Å². The van der Waals surface area contributed by atoms with E-state index in [4.69, 9.17) is 9.47 Å². The van der Waals surface area contributed by atoms with E-state index in [0.717, 1.165) is 35.9 Å². The molecule has 0 radical (unpaired) electrons. The van der Waals surface area contributed by atoms with Gasteiger partial charge in [-0.3, -0.25) is 9.13 Å². The van der Waals surface area contributed by atoms with Crippen LogP contribution >= 0.6 is 0 Å². The number of aromatic nitrogens is 2. The fourth-order valence-electron chi connectivity index (χ4n) is 4.33. The van der Waals surface area contributed by atoms with Gasteiger partial charge in [0.25, 0.3) is 10.0 Å². The molecule has 2 aromatic carbocycles. The Labute approximate surface area is 203 Å². The van der Waals surface area contributed by atoms with E-state index in [9.17, 15) is 13.2 Å². The molecule has 5 rings (SSSR count). The molecule has 0 unspecified atom stereocenters. The predicted molar refractivity (Wildman–Crippen MR) is 132 cm³/mol.